The first-order valence-electron chi connectivity index (χ1n) is 41.2. The molecule has 19 heteroatoms. The molecule has 3 N–H and O–H groups in total. The number of phosphoric ester groups is 2. The van der Waals surface area contributed by atoms with Crippen molar-refractivity contribution in [3.63, 3.8) is 0 Å². The van der Waals surface area contributed by atoms with Crippen LogP contribution in [0.4, 0.5) is 0 Å². The number of hydrogen-bond acceptors (Lipinski definition) is 15. The molecule has 0 aliphatic heterocycles. The van der Waals surface area contributed by atoms with Crippen molar-refractivity contribution in [2.24, 2.45) is 23.7 Å². The van der Waals surface area contributed by atoms with Crippen molar-refractivity contribution in [3.05, 3.63) is 0 Å². The summed E-state index contributed by atoms with van der Waals surface area (Å²) in [5, 5.41) is 10.6. The summed E-state index contributed by atoms with van der Waals surface area (Å²) in [6.07, 6.45) is 55.6. The van der Waals surface area contributed by atoms with Gasteiger partial charge in [-0.25, -0.2) is 9.13 Å². The third kappa shape index (κ3) is 72.8. The average Bonchev–Trinajstić information content (AvgIpc) is 1.10. The van der Waals surface area contributed by atoms with Gasteiger partial charge >= 0.3 is 39.5 Å². The zero-order valence-electron chi connectivity index (χ0n) is 65.1. The molecule has 0 amide bonds. The fraction of sp³-hybridized carbons (Fsp3) is 0.950. The molecule has 0 aliphatic carbocycles. The predicted octanol–water partition coefficient (Wildman–Crippen LogP) is 23.6. The highest BCUT2D eigenvalue weighted by Gasteiger charge is 2.30. The molecular weight excluding hydrogens is 1290 g/mol. The third-order valence-electron chi connectivity index (χ3n) is 18.9. The number of ether oxygens (including phenoxy) is 4. The van der Waals surface area contributed by atoms with Crippen molar-refractivity contribution in [3.8, 4) is 0 Å². The van der Waals surface area contributed by atoms with Gasteiger partial charge in [-0.3, -0.25) is 37.3 Å². The number of aliphatic hydroxyl groups is 1. The van der Waals surface area contributed by atoms with Gasteiger partial charge in [-0.1, -0.05) is 357 Å². The van der Waals surface area contributed by atoms with Crippen LogP contribution in [0.25, 0.3) is 0 Å². The van der Waals surface area contributed by atoms with Crippen molar-refractivity contribution >= 4 is 39.5 Å². The van der Waals surface area contributed by atoms with E-state index in [1.165, 1.54) is 205 Å². The highest BCUT2D eigenvalue weighted by Crippen LogP contribution is 2.45. The van der Waals surface area contributed by atoms with Gasteiger partial charge in [0.1, 0.15) is 19.3 Å². The molecule has 0 bridgehead atoms. The summed E-state index contributed by atoms with van der Waals surface area (Å²) in [4.78, 5) is 73.0. The van der Waals surface area contributed by atoms with Crippen LogP contribution in [0.1, 0.15) is 409 Å². The minimum Gasteiger partial charge on any atom is -0.462 e. The Bertz CT molecular complexity index is 1940. The van der Waals surface area contributed by atoms with Gasteiger partial charge in [0.2, 0.25) is 0 Å². The zero-order valence-corrected chi connectivity index (χ0v) is 66.9. The molecule has 0 rings (SSSR count). The second-order valence-corrected chi connectivity index (χ2v) is 33.4. The lowest BCUT2D eigenvalue weighted by Crippen LogP contribution is -2.30. The first kappa shape index (κ1) is 97.1. The number of unbranched alkanes of at least 4 members (excludes halogenated alkanes) is 42. The van der Waals surface area contributed by atoms with Crippen molar-refractivity contribution in [2.75, 3.05) is 39.6 Å². The highest BCUT2D eigenvalue weighted by atomic mass is 31.2. The number of rotatable bonds is 77. The highest BCUT2D eigenvalue weighted by molar-refractivity contribution is 7.47. The lowest BCUT2D eigenvalue weighted by Gasteiger charge is -2.21. The Morgan fingerprint density at radius 2 is 0.485 bits per heavy atom. The molecule has 0 fully saturated rings. The number of aliphatic hydroxyl groups excluding tert-OH is 1. The Hall–Kier alpha value is -1.94. The molecule has 0 aliphatic rings. The minimum absolute atomic E-state index is 0.105. The summed E-state index contributed by atoms with van der Waals surface area (Å²) in [6, 6.07) is 0. The molecule has 588 valence electrons. The quantitative estimate of drug-likeness (QED) is 0.0222. The van der Waals surface area contributed by atoms with Crippen LogP contribution in [-0.4, -0.2) is 96.7 Å². The van der Waals surface area contributed by atoms with Crippen LogP contribution in [0.15, 0.2) is 0 Å². The number of phosphoric acid groups is 2. The molecule has 0 aromatic carbocycles. The minimum atomic E-state index is -4.96. The van der Waals surface area contributed by atoms with Gasteiger partial charge in [0.05, 0.1) is 26.4 Å². The summed E-state index contributed by atoms with van der Waals surface area (Å²) in [6.45, 7) is 14.2. The monoisotopic (exact) mass is 1450 g/mol. The van der Waals surface area contributed by atoms with Crippen LogP contribution >= 0.6 is 15.6 Å². The Kier molecular flexibility index (Phi) is 67.8. The van der Waals surface area contributed by atoms with Gasteiger partial charge in [-0.2, -0.15) is 0 Å². The van der Waals surface area contributed by atoms with Gasteiger partial charge < -0.3 is 33.8 Å². The first-order valence-corrected chi connectivity index (χ1v) is 44.2. The topological polar surface area (TPSA) is 237 Å². The van der Waals surface area contributed by atoms with Crippen molar-refractivity contribution in [2.45, 2.75) is 427 Å². The lowest BCUT2D eigenvalue weighted by molar-refractivity contribution is -0.161. The van der Waals surface area contributed by atoms with E-state index in [-0.39, 0.29) is 25.7 Å². The lowest BCUT2D eigenvalue weighted by atomic mass is 9.99. The Balaban J connectivity index is 5.23. The second kappa shape index (κ2) is 69.1. The van der Waals surface area contributed by atoms with Gasteiger partial charge in [0, 0.05) is 25.7 Å². The van der Waals surface area contributed by atoms with Crippen molar-refractivity contribution < 1.29 is 80.2 Å². The summed E-state index contributed by atoms with van der Waals surface area (Å²) >= 11 is 0. The van der Waals surface area contributed by atoms with E-state index < -0.39 is 97.5 Å². The molecular formula is C80H156O17P2. The zero-order chi connectivity index (χ0) is 73.1. The van der Waals surface area contributed by atoms with E-state index in [1.54, 1.807) is 0 Å². The van der Waals surface area contributed by atoms with Gasteiger partial charge in [-0.05, 0) is 49.4 Å². The van der Waals surface area contributed by atoms with Gasteiger partial charge in [0.15, 0.2) is 12.2 Å². The molecule has 0 radical (unpaired) electrons. The molecule has 99 heavy (non-hydrogen) atoms. The van der Waals surface area contributed by atoms with E-state index in [0.29, 0.717) is 31.6 Å². The standard InChI is InChI=1S/C80H156O17P2/c1-9-73(8)59-51-43-35-27-23-24-28-36-44-52-60-77(82)90-66-75(96-79(84)62-54-46-37-29-21-17-15-13-11-10-12-14-16-19-25-32-40-48-56-70(2)3)68-94-98(86,87)92-64-74(81)65-93-99(88,89)95-69-76(67-91-78(83)61-53-45-39-31-34-42-50-58-72(6)7)97-80(85)63-55-47-38-30-22-18-20-26-33-41-49-57-71(4)5/h70-76,81H,9-69H2,1-8H3,(H,86,87)(H,88,89)/t73?,74?,75-,76-/m1/s1. The smallest absolute Gasteiger partial charge is 0.462 e. The van der Waals surface area contributed by atoms with E-state index in [4.69, 9.17) is 37.0 Å². The molecule has 0 aromatic heterocycles. The largest absolute Gasteiger partial charge is 0.472 e. The van der Waals surface area contributed by atoms with E-state index in [1.807, 2.05) is 0 Å². The van der Waals surface area contributed by atoms with Gasteiger partial charge in [0.25, 0.3) is 0 Å². The molecule has 0 spiro atoms. The second-order valence-electron chi connectivity index (χ2n) is 30.5. The maximum absolute atomic E-state index is 13.1. The normalized spacial score (nSPS) is 14.3. The van der Waals surface area contributed by atoms with E-state index in [9.17, 15) is 43.2 Å². The van der Waals surface area contributed by atoms with Crippen LogP contribution in [0.2, 0.25) is 0 Å². The average molecular weight is 1450 g/mol. The Morgan fingerprint density at radius 3 is 0.717 bits per heavy atom. The molecule has 0 aromatic rings. The maximum Gasteiger partial charge on any atom is 0.472 e. The molecule has 0 saturated carbocycles. The Labute approximate surface area is 607 Å². The summed E-state index contributed by atoms with van der Waals surface area (Å²) < 4.78 is 68.7. The van der Waals surface area contributed by atoms with E-state index >= 15 is 0 Å². The maximum atomic E-state index is 13.1. The van der Waals surface area contributed by atoms with Crippen molar-refractivity contribution in [1.82, 2.24) is 0 Å². The third-order valence-corrected chi connectivity index (χ3v) is 20.8. The van der Waals surface area contributed by atoms with Gasteiger partial charge in [-0.15, -0.1) is 0 Å². The summed E-state index contributed by atoms with van der Waals surface area (Å²) in [7, 11) is -9.92. The number of esters is 4. The number of carbonyl (C=O) groups excluding carboxylic acids is 4. The molecule has 0 saturated heterocycles. The van der Waals surface area contributed by atoms with Crippen LogP contribution in [0, 0.1) is 23.7 Å². The predicted molar refractivity (Wildman–Crippen MR) is 404 cm³/mol. The Morgan fingerprint density at radius 1 is 0.283 bits per heavy atom. The fourth-order valence-corrected chi connectivity index (χ4v) is 13.8. The molecule has 6 atom stereocenters. The SMILES string of the molecule is CCC(C)CCCCCCCCCCCCC(=O)OC[C@H](COP(=O)(O)OCC(O)COP(=O)(O)OC[C@@H](COC(=O)CCCCCCCCCC(C)C)OC(=O)CCCCCCCCCCCCCC(C)C)OC(=O)CCCCCCCCCCCCCCCCCCCCC(C)C. The van der Waals surface area contributed by atoms with Crippen LogP contribution in [0.5, 0.6) is 0 Å². The molecule has 17 nitrogen and oxygen atoms in total. The summed E-state index contributed by atoms with van der Waals surface area (Å²) in [5.74, 6) is 0.984. The summed E-state index contributed by atoms with van der Waals surface area (Å²) in [5.41, 5.74) is 0. The molecule has 0 heterocycles. The van der Waals surface area contributed by atoms with E-state index in [2.05, 4.69) is 55.4 Å². The molecule has 4 unspecified atom stereocenters. The van der Waals surface area contributed by atoms with Crippen molar-refractivity contribution in [1.29, 1.82) is 0 Å². The van der Waals surface area contributed by atoms with Crippen LogP contribution in [0.3, 0.4) is 0 Å². The number of carbonyl (C=O) groups is 4. The number of hydrogen-bond donors (Lipinski definition) is 3. The first-order chi connectivity index (χ1) is 47.6. The van der Waals surface area contributed by atoms with E-state index in [0.717, 1.165) is 114 Å². The van der Waals surface area contributed by atoms with Crippen LogP contribution in [-0.2, 0) is 65.4 Å². The van der Waals surface area contributed by atoms with Crippen LogP contribution < -0.4 is 0 Å². The fourth-order valence-electron chi connectivity index (χ4n) is 12.2.